The van der Waals surface area contributed by atoms with Gasteiger partial charge >= 0.3 is 0 Å². The minimum atomic E-state index is 1.11. The summed E-state index contributed by atoms with van der Waals surface area (Å²) in [6.45, 7) is 0. The van der Waals surface area contributed by atoms with Gasteiger partial charge in [0.1, 0.15) is 0 Å². The third-order valence-corrected chi connectivity index (χ3v) is 10.7. The number of nitrogens with zero attached hydrogens (tertiary/aromatic N) is 1. The number of rotatable bonds is 6. The van der Waals surface area contributed by atoms with E-state index in [0.717, 1.165) is 17.1 Å². The van der Waals surface area contributed by atoms with E-state index >= 15 is 0 Å². The van der Waals surface area contributed by atoms with Gasteiger partial charge in [-0.25, -0.2) is 0 Å². The molecule has 0 aromatic heterocycles. The Labute approximate surface area is 309 Å². The Kier molecular flexibility index (Phi) is 7.55. The van der Waals surface area contributed by atoms with Crippen molar-refractivity contribution in [2.24, 2.45) is 0 Å². The Morgan fingerprint density at radius 2 is 0.717 bits per heavy atom. The van der Waals surface area contributed by atoms with E-state index in [9.17, 15) is 0 Å². The second-order valence-corrected chi connectivity index (χ2v) is 13.7. The molecule has 0 atom stereocenters. The highest BCUT2D eigenvalue weighted by Gasteiger charge is 2.19. The van der Waals surface area contributed by atoms with Gasteiger partial charge in [-0.05, 0) is 101 Å². The lowest BCUT2D eigenvalue weighted by atomic mass is 9.91. The molecule has 0 unspecified atom stereocenters. The molecule has 10 rings (SSSR count). The number of anilines is 3. The summed E-state index contributed by atoms with van der Waals surface area (Å²) in [5.41, 5.74) is 10.7. The summed E-state index contributed by atoms with van der Waals surface area (Å²) in [7, 11) is 0. The molecule has 0 aliphatic carbocycles. The molecule has 0 spiro atoms. The number of benzene rings is 10. The van der Waals surface area contributed by atoms with Gasteiger partial charge in [0.2, 0.25) is 0 Å². The van der Waals surface area contributed by atoms with Gasteiger partial charge < -0.3 is 4.90 Å². The van der Waals surface area contributed by atoms with E-state index in [2.05, 4.69) is 217 Å². The molecule has 53 heavy (non-hydrogen) atoms. The Morgan fingerprint density at radius 3 is 1.47 bits per heavy atom. The maximum absolute atomic E-state index is 2.41. The van der Waals surface area contributed by atoms with E-state index < -0.39 is 0 Å². The molecule has 0 saturated carbocycles. The first-order chi connectivity index (χ1) is 26.3. The second kappa shape index (κ2) is 13.0. The van der Waals surface area contributed by atoms with E-state index in [1.807, 2.05) is 0 Å². The van der Waals surface area contributed by atoms with Crippen LogP contribution in [0.15, 0.2) is 212 Å². The molecule has 0 saturated heterocycles. The lowest BCUT2D eigenvalue weighted by Crippen LogP contribution is -2.10. The van der Waals surface area contributed by atoms with Gasteiger partial charge in [-0.2, -0.15) is 0 Å². The summed E-state index contributed by atoms with van der Waals surface area (Å²) in [5.74, 6) is 0. The van der Waals surface area contributed by atoms with Crippen LogP contribution in [0.2, 0.25) is 0 Å². The lowest BCUT2D eigenvalue weighted by Gasteiger charge is -2.28. The third-order valence-electron chi connectivity index (χ3n) is 10.7. The smallest absolute Gasteiger partial charge is 0.0540 e. The predicted octanol–water partition coefficient (Wildman–Crippen LogP) is 14.8. The summed E-state index contributed by atoms with van der Waals surface area (Å²) in [5, 5.41) is 10.0. The van der Waals surface area contributed by atoms with Gasteiger partial charge in [0.15, 0.2) is 0 Å². The zero-order chi connectivity index (χ0) is 35.1. The molecule has 0 aliphatic rings. The van der Waals surface area contributed by atoms with Crippen molar-refractivity contribution in [3.05, 3.63) is 212 Å². The molecule has 0 bridgehead atoms. The van der Waals surface area contributed by atoms with Crippen molar-refractivity contribution in [1.29, 1.82) is 0 Å². The number of hydrogen-bond donors (Lipinski definition) is 0. The van der Waals surface area contributed by atoms with E-state index in [-0.39, 0.29) is 0 Å². The van der Waals surface area contributed by atoms with Crippen molar-refractivity contribution in [3.8, 4) is 33.4 Å². The molecule has 0 aliphatic heterocycles. The van der Waals surface area contributed by atoms with Gasteiger partial charge in [0.05, 0.1) is 5.69 Å². The van der Waals surface area contributed by atoms with Crippen molar-refractivity contribution in [2.45, 2.75) is 0 Å². The zero-order valence-corrected chi connectivity index (χ0v) is 29.2. The number of hydrogen-bond acceptors (Lipinski definition) is 1. The Balaban J connectivity index is 1.14. The summed E-state index contributed by atoms with van der Waals surface area (Å²) in [6.07, 6.45) is 0. The van der Waals surface area contributed by atoms with Crippen LogP contribution in [0.3, 0.4) is 0 Å². The SMILES string of the molecule is c1ccc(-c2ccc(N(c3ccc(-c4cccc5ccccc45)cc3)c3ccc(-c4cccc5c4ccc4ccccc45)c4ccccc34)cc2)cc1. The average molecular weight is 674 g/mol. The largest absolute Gasteiger partial charge is 0.310 e. The van der Waals surface area contributed by atoms with E-state index in [4.69, 9.17) is 0 Å². The van der Waals surface area contributed by atoms with Gasteiger partial charge in [-0.15, -0.1) is 0 Å². The topological polar surface area (TPSA) is 3.24 Å². The van der Waals surface area contributed by atoms with Crippen LogP contribution in [-0.2, 0) is 0 Å². The minimum absolute atomic E-state index is 1.11. The van der Waals surface area contributed by atoms with Crippen molar-refractivity contribution in [2.75, 3.05) is 4.90 Å². The van der Waals surface area contributed by atoms with Crippen LogP contribution in [0.5, 0.6) is 0 Å². The molecular weight excluding hydrogens is 639 g/mol. The first kappa shape index (κ1) is 30.8. The van der Waals surface area contributed by atoms with Crippen molar-refractivity contribution >= 4 is 60.2 Å². The standard InChI is InChI=1S/C52H35N/c1-2-12-36(13-3-1)37-24-29-41(30-25-37)53(42-31-26-40(27-32-42)44-21-10-16-38-14-4-6-17-43(38)44)52-35-34-50(48-19-8-9-20-51(48)52)47-23-11-22-46-45-18-7-5-15-39(45)28-33-49(46)47/h1-35H. The zero-order valence-electron chi connectivity index (χ0n) is 29.2. The quantitative estimate of drug-likeness (QED) is 0.159. The third kappa shape index (κ3) is 5.42. The molecule has 10 aromatic carbocycles. The monoisotopic (exact) mass is 673 g/mol. The number of fused-ring (bicyclic) bond motifs is 5. The molecule has 0 amide bonds. The van der Waals surface area contributed by atoms with Crippen LogP contribution in [0.4, 0.5) is 17.1 Å². The summed E-state index contributed by atoms with van der Waals surface area (Å²) >= 11 is 0. The van der Waals surface area contributed by atoms with Crippen LogP contribution in [-0.4, -0.2) is 0 Å². The van der Waals surface area contributed by atoms with Crippen LogP contribution in [0.1, 0.15) is 0 Å². The first-order valence-electron chi connectivity index (χ1n) is 18.3. The first-order valence-corrected chi connectivity index (χ1v) is 18.3. The fraction of sp³-hybridized carbons (Fsp3) is 0. The van der Waals surface area contributed by atoms with Crippen molar-refractivity contribution in [1.82, 2.24) is 0 Å². The average Bonchev–Trinajstić information content (AvgIpc) is 3.24. The van der Waals surface area contributed by atoms with Gasteiger partial charge in [0, 0.05) is 16.8 Å². The van der Waals surface area contributed by atoms with Crippen LogP contribution >= 0.6 is 0 Å². The maximum atomic E-state index is 2.41. The van der Waals surface area contributed by atoms with E-state index in [1.165, 1.54) is 76.5 Å². The molecular formula is C52H35N. The summed E-state index contributed by atoms with van der Waals surface area (Å²) in [6, 6.07) is 77.2. The Morgan fingerprint density at radius 1 is 0.226 bits per heavy atom. The molecule has 1 heteroatoms. The molecule has 10 aromatic rings. The fourth-order valence-electron chi connectivity index (χ4n) is 8.12. The van der Waals surface area contributed by atoms with Crippen LogP contribution in [0.25, 0.3) is 76.5 Å². The van der Waals surface area contributed by atoms with Gasteiger partial charge in [-0.1, -0.05) is 182 Å². The van der Waals surface area contributed by atoms with E-state index in [0.29, 0.717) is 0 Å². The van der Waals surface area contributed by atoms with Gasteiger partial charge in [-0.3, -0.25) is 0 Å². The highest BCUT2D eigenvalue weighted by atomic mass is 15.1. The van der Waals surface area contributed by atoms with Crippen molar-refractivity contribution in [3.63, 3.8) is 0 Å². The predicted molar refractivity (Wildman–Crippen MR) is 227 cm³/mol. The van der Waals surface area contributed by atoms with Crippen LogP contribution in [0, 0.1) is 0 Å². The molecule has 0 fully saturated rings. The Hall–Kier alpha value is -6.96. The van der Waals surface area contributed by atoms with Crippen LogP contribution < -0.4 is 4.90 Å². The lowest BCUT2D eigenvalue weighted by molar-refractivity contribution is 1.30. The molecule has 0 radical (unpaired) electrons. The van der Waals surface area contributed by atoms with Gasteiger partial charge in [0.25, 0.3) is 0 Å². The van der Waals surface area contributed by atoms with E-state index in [1.54, 1.807) is 0 Å². The second-order valence-electron chi connectivity index (χ2n) is 13.7. The molecule has 0 N–H and O–H groups in total. The fourth-order valence-corrected chi connectivity index (χ4v) is 8.12. The summed E-state index contributed by atoms with van der Waals surface area (Å²) < 4.78 is 0. The molecule has 1 nitrogen and oxygen atoms in total. The summed E-state index contributed by atoms with van der Waals surface area (Å²) in [4.78, 5) is 2.41. The molecule has 248 valence electrons. The molecule has 0 heterocycles. The minimum Gasteiger partial charge on any atom is -0.310 e. The van der Waals surface area contributed by atoms with Crippen molar-refractivity contribution < 1.29 is 0 Å². The maximum Gasteiger partial charge on any atom is 0.0540 e. The Bertz CT molecular complexity index is 2920. The highest BCUT2D eigenvalue weighted by molar-refractivity contribution is 6.15. The normalized spacial score (nSPS) is 11.4. The highest BCUT2D eigenvalue weighted by Crippen LogP contribution is 2.44.